The number of hydrogen-bond acceptors (Lipinski definition) is 4. The van der Waals surface area contributed by atoms with Crippen LogP contribution in [0.1, 0.15) is 32.6 Å². The Morgan fingerprint density at radius 2 is 1.48 bits per heavy atom. The summed E-state index contributed by atoms with van der Waals surface area (Å²) >= 11 is 5.37. The van der Waals surface area contributed by atoms with Crippen LogP contribution in [0.2, 0.25) is 0 Å². The van der Waals surface area contributed by atoms with Crippen LogP contribution in [-0.4, -0.2) is 26.0 Å². The highest BCUT2D eigenvalue weighted by molar-refractivity contribution is 7.80. The lowest BCUT2D eigenvalue weighted by atomic mass is 10.1. The highest BCUT2D eigenvalue weighted by atomic mass is 32.1. The van der Waals surface area contributed by atoms with Gasteiger partial charge in [-0.05, 0) is 81.4 Å². The molecular weight excluding hydrogens is 406 g/mol. The van der Waals surface area contributed by atoms with E-state index in [9.17, 15) is 4.79 Å². The van der Waals surface area contributed by atoms with Gasteiger partial charge in [0.15, 0.2) is 5.11 Å². The second kappa shape index (κ2) is 8.28. The van der Waals surface area contributed by atoms with Crippen LogP contribution < -0.4 is 10.6 Å². The van der Waals surface area contributed by atoms with Gasteiger partial charge in [0.05, 0.1) is 5.69 Å². The Bertz CT molecular complexity index is 1310. The molecule has 0 aliphatic rings. The summed E-state index contributed by atoms with van der Waals surface area (Å²) in [5, 5.41) is 15.3. The molecule has 0 saturated heterocycles. The summed E-state index contributed by atoms with van der Waals surface area (Å²) in [4.78, 5) is 14.2. The van der Waals surface area contributed by atoms with Crippen molar-refractivity contribution in [3.63, 3.8) is 0 Å². The Kier molecular flexibility index (Phi) is 5.52. The lowest BCUT2D eigenvalue weighted by molar-refractivity contribution is 0.0977. The number of aryl methyl sites for hydroxylation is 4. The summed E-state index contributed by atoms with van der Waals surface area (Å²) in [5.41, 5.74) is 7.93. The quantitative estimate of drug-likeness (QED) is 0.459. The second-order valence-corrected chi connectivity index (χ2v) is 8.12. The number of aromatic nitrogens is 3. The number of nitrogens with zero attached hydrogens (tertiary/aromatic N) is 3. The van der Waals surface area contributed by atoms with Gasteiger partial charge in [-0.3, -0.25) is 10.1 Å². The monoisotopic (exact) mass is 429 g/mol. The number of benzene rings is 3. The minimum Gasteiger partial charge on any atom is -0.332 e. The van der Waals surface area contributed by atoms with Crippen molar-refractivity contribution in [3.8, 4) is 5.69 Å². The molecule has 0 atom stereocenters. The first kappa shape index (κ1) is 20.7. The third kappa shape index (κ3) is 4.46. The third-order valence-corrected chi connectivity index (χ3v) is 5.30. The molecule has 4 aromatic rings. The van der Waals surface area contributed by atoms with E-state index >= 15 is 0 Å². The minimum atomic E-state index is -0.237. The van der Waals surface area contributed by atoms with Crippen molar-refractivity contribution in [2.24, 2.45) is 0 Å². The Balaban J connectivity index is 1.53. The van der Waals surface area contributed by atoms with E-state index in [1.807, 2.05) is 82.3 Å². The number of hydrogen-bond donors (Lipinski definition) is 2. The molecule has 0 fully saturated rings. The molecule has 0 unspecified atom stereocenters. The summed E-state index contributed by atoms with van der Waals surface area (Å²) in [7, 11) is 0. The lowest BCUT2D eigenvalue weighted by Gasteiger charge is -2.12. The third-order valence-electron chi connectivity index (χ3n) is 5.09. The fraction of sp³-hybridized carbons (Fsp3) is 0.167. The molecule has 0 aliphatic heterocycles. The van der Waals surface area contributed by atoms with Gasteiger partial charge in [0.1, 0.15) is 11.0 Å². The number of rotatable bonds is 3. The summed E-state index contributed by atoms with van der Waals surface area (Å²) in [5.74, 6) is -0.237. The van der Waals surface area contributed by atoms with Crippen molar-refractivity contribution in [2.45, 2.75) is 27.7 Å². The average molecular weight is 430 g/mol. The van der Waals surface area contributed by atoms with Gasteiger partial charge in [-0.1, -0.05) is 35.4 Å². The van der Waals surface area contributed by atoms with E-state index in [-0.39, 0.29) is 11.0 Å². The van der Waals surface area contributed by atoms with Crippen LogP contribution in [0.5, 0.6) is 0 Å². The smallest absolute Gasteiger partial charge is 0.257 e. The van der Waals surface area contributed by atoms with Gasteiger partial charge in [0.2, 0.25) is 0 Å². The van der Waals surface area contributed by atoms with Crippen LogP contribution >= 0.6 is 12.2 Å². The number of nitrogens with one attached hydrogen (secondary N) is 2. The molecule has 31 heavy (non-hydrogen) atoms. The molecule has 0 spiro atoms. The number of thiocarbonyl (C=S) groups is 1. The lowest BCUT2D eigenvalue weighted by Crippen LogP contribution is -2.34. The molecule has 4 rings (SSSR count). The zero-order chi connectivity index (χ0) is 22.1. The summed E-state index contributed by atoms with van der Waals surface area (Å²) in [6.45, 7) is 7.91. The Morgan fingerprint density at radius 1 is 0.839 bits per heavy atom. The Hall–Kier alpha value is -3.58. The highest BCUT2D eigenvalue weighted by Crippen LogP contribution is 2.22. The molecule has 0 radical (unpaired) electrons. The Labute approximate surface area is 186 Å². The number of carbonyl (C=O) groups excluding carboxylic acids is 1. The zero-order valence-electron chi connectivity index (χ0n) is 17.9. The van der Waals surface area contributed by atoms with Gasteiger partial charge < -0.3 is 5.32 Å². The maximum atomic E-state index is 12.6. The minimum absolute atomic E-state index is 0.235. The molecule has 2 N–H and O–H groups in total. The van der Waals surface area contributed by atoms with E-state index in [4.69, 9.17) is 12.2 Å². The van der Waals surface area contributed by atoms with Crippen molar-refractivity contribution in [1.82, 2.24) is 20.3 Å². The molecule has 6 nitrogen and oxygen atoms in total. The predicted molar refractivity (Wildman–Crippen MR) is 128 cm³/mol. The molecule has 7 heteroatoms. The zero-order valence-corrected chi connectivity index (χ0v) is 18.7. The number of anilines is 1. The predicted octanol–water partition coefficient (Wildman–Crippen LogP) is 4.78. The number of fused-ring (bicyclic) bond motifs is 1. The molecule has 1 amide bonds. The Morgan fingerprint density at radius 3 is 2.16 bits per heavy atom. The second-order valence-electron chi connectivity index (χ2n) is 7.71. The van der Waals surface area contributed by atoms with E-state index < -0.39 is 0 Å². The van der Waals surface area contributed by atoms with Gasteiger partial charge in [0.25, 0.3) is 5.91 Å². The van der Waals surface area contributed by atoms with E-state index in [1.165, 1.54) is 5.56 Å². The van der Waals surface area contributed by atoms with E-state index in [0.29, 0.717) is 5.56 Å². The standard InChI is InChI=1S/C24H23N5OS/c1-14-5-8-18(9-6-14)29-27-21-12-17(4)20(13-22(21)28-29)25-24(31)26-23(30)19-10-7-15(2)11-16(19)3/h5-13H,1-4H3,(H2,25,26,30,31). The highest BCUT2D eigenvalue weighted by Gasteiger charge is 2.13. The first-order chi connectivity index (χ1) is 14.8. The molecule has 1 heterocycles. The van der Waals surface area contributed by atoms with Gasteiger partial charge in [-0.25, -0.2) is 0 Å². The summed E-state index contributed by atoms with van der Waals surface area (Å²) < 4.78 is 0. The molecule has 156 valence electrons. The topological polar surface area (TPSA) is 71.8 Å². The van der Waals surface area contributed by atoms with Crippen LogP contribution in [0.4, 0.5) is 5.69 Å². The maximum absolute atomic E-state index is 12.6. The van der Waals surface area contributed by atoms with Crippen LogP contribution in [0.3, 0.4) is 0 Å². The van der Waals surface area contributed by atoms with Gasteiger partial charge in [-0.2, -0.15) is 4.80 Å². The fourth-order valence-corrected chi connectivity index (χ4v) is 3.59. The first-order valence-electron chi connectivity index (χ1n) is 9.94. The fourth-order valence-electron chi connectivity index (χ4n) is 3.39. The van der Waals surface area contributed by atoms with E-state index in [2.05, 4.69) is 20.8 Å². The molecule has 0 saturated carbocycles. The van der Waals surface area contributed by atoms with Gasteiger partial charge in [-0.15, -0.1) is 10.2 Å². The van der Waals surface area contributed by atoms with Crippen molar-refractivity contribution >= 4 is 40.0 Å². The van der Waals surface area contributed by atoms with Crippen LogP contribution in [0.15, 0.2) is 54.6 Å². The van der Waals surface area contributed by atoms with Crippen molar-refractivity contribution in [3.05, 3.63) is 82.4 Å². The normalized spacial score (nSPS) is 10.8. The number of carbonyl (C=O) groups is 1. The van der Waals surface area contributed by atoms with E-state index in [0.717, 1.165) is 39.1 Å². The molecule has 1 aromatic heterocycles. The van der Waals surface area contributed by atoms with Crippen LogP contribution in [-0.2, 0) is 0 Å². The average Bonchev–Trinajstić information content (AvgIpc) is 3.11. The van der Waals surface area contributed by atoms with Crippen molar-refractivity contribution < 1.29 is 4.79 Å². The summed E-state index contributed by atoms with van der Waals surface area (Å²) in [6.07, 6.45) is 0. The largest absolute Gasteiger partial charge is 0.332 e. The summed E-state index contributed by atoms with van der Waals surface area (Å²) in [6, 6.07) is 17.5. The van der Waals surface area contributed by atoms with Crippen molar-refractivity contribution in [2.75, 3.05) is 5.32 Å². The van der Waals surface area contributed by atoms with Gasteiger partial charge >= 0.3 is 0 Å². The maximum Gasteiger partial charge on any atom is 0.257 e. The number of amides is 1. The molecule has 0 aliphatic carbocycles. The molecule has 3 aromatic carbocycles. The molecule has 0 bridgehead atoms. The molecular formula is C24H23N5OS. The SMILES string of the molecule is Cc1ccc(-n2nc3cc(C)c(NC(=S)NC(=O)c4ccc(C)cc4C)cc3n2)cc1. The van der Waals surface area contributed by atoms with E-state index in [1.54, 1.807) is 4.80 Å². The van der Waals surface area contributed by atoms with Crippen molar-refractivity contribution in [1.29, 1.82) is 0 Å². The van der Waals surface area contributed by atoms with Crippen LogP contribution in [0, 0.1) is 27.7 Å². The van der Waals surface area contributed by atoms with Crippen LogP contribution in [0.25, 0.3) is 16.7 Å². The first-order valence-corrected chi connectivity index (χ1v) is 10.4. The van der Waals surface area contributed by atoms with Gasteiger partial charge in [0, 0.05) is 11.3 Å².